The Hall–Kier alpha value is -1.17. The summed E-state index contributed by atoms with van der Waals surface area (Å²) in [6.07, 6.45) is 0.682. The molecule has 2 aromatic carbocycles. The maximum absolute atomic E-state index is 12.4. The Morgan fingerprint density at radius 1 is 1.14 bits per heavy atom. The van der Waals surface area contributed by atoms with Crippen molar-refractivity contribution in [2.45, 2.75) is 31.2 Å². The van der Waals surface area contributed by atoms with Gasteiger partial charge in [0, 0.05) is 10.5 Å². The Morgan fingerprint density at radius 3 is 2.38 bits per heavy atom. The van der Waals surface area contributed by atoms with Gasteiger partial charge in [0.2, 0.25) is 10.0 Å². The van der Waals surface area contributed by atoms with E-state index in [2.05, 4.69) is 20.7 Å². The summed E-state index contributed by atoms with van der Waals surface area (Å²) < 4.78 is 28.6. The third-order valence-corrected chi connectivity index (χ3v) is 5.27. The van der Waals surface area contributed by atoms with Crippen LogP contribution in [0.25, 0.3) is 0 Å². The van der Waals surface area contributed by atoms with E-state index in [1.54, 1.807) is 24.3 Å². The smallest absolute Gasteiger partial charge is 0.207 e. The minimum Gasteiger partial charge on any atom is -0.207 e. The van der Waals surface area contributed by atoms with Crippen molar-refractivity contribution in [3.05, 3.63) is 64.1 Å². The first kappa shape index (κ1) is 16.2. The highest BCUT2D eigenvalue weighted by atomic mass is 79.9. The Labute approximate surface area is 134 Å². The van der Waals surface area contributed by atoms with E-state index in [-0.39, 0.29) is 6.04 Å². The minimum absolute atomic E-state index is 0.242. The highest BCUT2D eigenvalue weighted by molar-refractivity contribution is 9.10. The van der Waals surface area contributed by atoms with Gasteiger partial charge in [-0.05, 0) is 43.2 Å². The Balaban J connectivity index is 2.27. The highest BCUT2D eigenvalue weighted by Crippen LogP contribution is 2.23. The molecule has 0 aromatic heterocycles. The molecule has 2 rings (SSSR count). The van der Waals surface area contributed by atoms with Crippen LogP contribution in [-0.2, 0) is 10.0 Å². The second-order valence-electron chi connectivity index (χ2n) is 4.95. The summed E-state index contributed by atoms with van der Waals surface area (Å²) in [7, 11) is -3.51. The summed E-state index contributed by atoms with van der Waals surface area (Å²) in [6.45, 7) is 3.89. The van der Waals surface area contributed by atoms with Crippen LogP contribution in [0.15, 0.2) is 57.9 Å². The number of benzene rings is 2. The van der Waals surface area contributed by atoms with Gasteiger partial charge in [0.15, 0.2) is 0 Å². The normalized spacial score (nSPS) is 13.1. The molecule has 0 aliphatic carbocycles. The molecule has 3 nitrogen and oxygen atoms in total. The topological polar surface area (TPSA) is 46.2 Å². The van der Waals surface area contributed by atoms with E-state index in [1.165, 1.54) is 0 Å². The fraction of sp³-hybridized carbons (Fsp3) is 0.250. The molecule has 0 amide bonds. The first-order chi connectivity index (χ1) is 9.92. The van der Waals surface area contributed by atoms with Gasteiger partial charge in [-0.15, -0.1) is 0 Å². The highest BCUT2D eigenvalue weighted by Gasteiger charge is 2.20. The molecule has 0 saturated heterocycles. The summed E-state index contributed by atoms with van der Waals surface area (Å²) >= 11 is 3.41. The Bertz CT molecular complexity index is 711. The molecular weight excluding hydrogens is 350 g/mol. The summed E-state index contributed by atoms with van der Waals surface area (Å²) in [5.41, 5.74) is 1.98. The Kier molecular flexibility index (Phi) is 5.19. The largest absolute Gasteiger partial charge is 0.241 e. The summed E-state index contributed by atoms with van der Waals surface area (Å²) in [5.74, 6) is 0. The predicted octanol–water partition coefficient (Wildman–Crippen LogP) is 4.19. The van der Waals surface area contributed by atoms with Crippen molar-refractivity contribution in [2.75, 3.05) is 0 Å². The molecule has 1 atom stereocenters. The first-order valence-corrected chi connectivity index (χ1v) is 9.04. The number of sulfonamides is 1. The number of aryl methyl sites for hydroxylation is 1. The van der Waals surface area contributed by atoms with Crippen molar-refractivity contribution in [1.29, 1.82) is 0 Å². The number of rotatable bonds is 5. The van der Waals surface area contributed by atoms with Gasteiger partial charge in [-0.25, -0.2) is 13.1 Å². The molecule has 5 heteroatoms. The number of nitrogens with one attached hydrogen (secondary N) is 1. The summed E-state index contributed by atoms with van der Waals surface area (Å²) in [4.78, 5) is 0.293. The summed E-state index contributed by atoms with van der Waals surface area (Å²) in [5, 5.41) is 0. The first-order valence-electron chi connectivity index (χ1n) is 6.77. The molecule has 1 unspecified atom stereocenters. The van der Waals surface area contributed by atoms with Gasteiger partial charge in [-0.1, -0.05) is 52.7 Å². The van der Waals surface area contributed by atoms with Crippen molar-refractivity contribution < 1.29 is 8.42 Å². The molecule has 0 saturated carbocycles. The van der Waals surface area contributed by atoms with Gasteiger partial charge in [-0.2, -0.15) is 0 Å². The monoisotopic (exact) mass is 367 g/mol. The van der Waals surface area contributed by atoms with Crippen LogP contribution in [0.4, 0.5) is 0 Å². The van der Waals surface area contributed by atoms with Crippen molar-refractivity contribution >= 4 is 26.0 Å². The van der Waals surface area contributed by atoms with Crippen molar-refractivity contribution in [3.8, 4) is 0 Å². The van der Waals surface area contributed by atoms with Crippen LogP contribution in [0.1, 0.15) is 30.5 Å². The second-order valence-corrected chi connectivity index (χ2v) is 7.58. The third-order valence-electron chi connectivity index (χ3n) is 3.29. The van der Waals surface area contributed by atoms with E-state index in [1.807, 2.05) is 38.1 Å². The van der Waals surface area contributed by atoms with Crippen LogP contribution >= 0.6 is 15.9 Å². The van der Waals surface area contributed by atoms with E-state index < -0.39 is 10.0 Å². The molecule has 0 fully saturated rings. The SMILES string of the molecule is CCC(NS(=O)(=O)c1ccc(C)cc1)c1cccc(Br)c1. The zero-order valence-corrected chi connectivity index (χ0v) is 14.4. The van der Waals surface area contributed by atoms with Gasteiger partial charge in [0.25, 0.3) is 0 Å². The van der Waals surface area contributed by atoms with Crippen molar-refractivity contribution in [2.24, 2.45) is 0 Å². The number of halogens is 1. The van der Waals surface area contributed by atoms with Gasteiger partial charge in [-0.3, -0.25) is 0 Å². The van der Waals surface area contributed by atoms with E-state index in [0.717, 1.165) is 15.6 Å². The van der Waals surface area contributed by atoms with Gasteiger partial charge in [0.1, 0.15) is 0 Å². The maximum atomic E-state index is 12.4. The van der Waals surface area contributed by atoms with E-state index in [4.69, 9.17) is 0 Å². The average molecular weight is 368 g/mol. The fourth-order valence-corrected chi connectivity index (χ4v) is 3.81. The maximum Gasteiger partial charge on any atom is 0.241 e. The van der Waals surface area contributed by atoms with Gasteiger partial charge in [0.05, 0.1) is 4.90 Å². The van der Waals surface area contributed by atoms with E-state index >= 15 is 0 Å². The molecule has 0 bridgehead atoms. The van der Waals surface area contributed by atoms with Crippen LogP contribution in [-0.4, -0.2) is 8.42 Å². The minimum atomic E-state index is -3.51. The molecule has 1 N–H and O–H groups in total. The molecule has 0 aliphatic rings. The zero-order valence-electron chi connectivity index (χ0n) is 12.0. The number of hydrogen-bond acceptors (Lipinski definition) is 2. The van der Waals surface area contributed by atoms with Gasteiger partial charge < -0.3 is 0 Å². The fourth-order valence-electron chi connectivity index (χ4n) is 2.08. The van der Waals surface area contributed by atoms with Crippen LogP contribution in [0.2, 0.25) is 0 Å². The van der Waals surface area contributed by atoms with E-state index in [9.17, 15) is 8.42 Å². The quantitative estimate of drug-likeness (QED) is 0.860. The molecule has 0 radical (unpaired) electrons. The Morgan fingerprint density at radius 2 is 1.81 bits per heavy atom. The standard InChI is InChI=1S/C16H18BrNO2S/c1-3-16(13-5-4-6-14(17)11-13)18-21(19,20)15-9-7-12(2)8-10-15/h4-11,16,18H,3H2,1-2H3. The second kappa shape index (κ2) is 6.73. The lowest BCUT2D eigenvalue weighted by Gasteiger charge is -2.18. The van der Waals surface area contributed by atoms with Crippen molar-refractivity contribution in [1.82, 2.24) is 4.72 Å². The molecule has 2 aromatic rings. The molecule has 21 heavy (non-hydrogen) atoms. The predicted molar refractivity (Wildman–Crippen MR) is 88.7 cm³/mol. The summed E-state index contributed by atoms with van der Waals surface area (Å²) in [6, 6.07) is 14.3. The van der Waals surface area contributed by atoms with Crippen LogP contribution in [0.5, 0.6) is 0 Å². The molecular formula is C16H18BrNO2S. The lowest BCUT2D eigenvalue weighted by atomic mass is 10.1. The molecule has 0 heterocycles. The zero-order chi connectivity index (χ0) is 15.5. The molecule has 0 aliphatic heterocycles. The van der Waals surface area contributed by atoms with Crippen LogP contribution < -0.4 is 4.72 Å². The molecule has 0 spiro atoms. The third kappa shape index (κ3) is 4.15. The van der Waals surface area contributed by atoms with E-state index in [0.29, 0.717) is 11.3 Å². The van der Waals surface area contributed by atoms with Crippen molar-refractivity contribution in [3.63, 3.8) is 0 Å². The van der Waals surface area contributed by atoms with Gasteiger partial charge >= 0.3 is 0 Å². The average Bonchev–Trinajstić information content (AvgIpc) is 2.45. The number of hydrogen-bond donors (Lipinski definition) is 1. The van der Waals surface area contributed by atoms with Crippen LogP contribution in [0, 0.1) is 6.92 Å². The lowest BCUT2D eigenvalue weighted by Crippen LogP contribution is -2.28. The van der Waals surface area contributed by atoms with Crippen LogP contribution in [0.3, 0.4) is 0 Å². The molecule has 112 valence electrons. The lowest BCUT2D eigenvalue weighted by molar-refractivity contribution is 0.550.